The van der Waals surface area contributed by atoms with Crippen molar-refractivity contribution in [2.24, 2.45) is 0 Å². The zero-order valence-electron chi connectivity index (χ0n) is 15.2. The lowest BCUT2D eigenvalue weighted by molar-refractivity contribution is -0.127. The van der Waals surface area contributed by atoms with Crippen LogP contribution >= 0.6 is 22.9 Å². The van der Waals surface area contributed by atoms with Crippen LogP contribution in [-0.4, -0.2) is 6.18 Å². The molecule has 27 heavy (non-hydrogen) atoms. The Morgan fingerprint density at radius 3 is 2.26 bits per heavy atom. The number of thiophene rings is 1. The zero-order chi connectivity index (χ0) is 19.8. The number of hydrogen-bond donors (Lipinski definition) is 0. The van der Waals surface area contributed by atoms with Crippen LogP contribution in [0, 0.1) is 6.92 Å². The van der Waals surface area contributed by atoms with E-state index in [1.54, 1.807) is 35.6 Å². The number of benzene rings is 2. The van der Waals surface area contributed by atoms with E-state index in [4.69, 9.17) is 11.6 Å². The molecule has 0 amide bonds. The van der Waals surface area contributed by atoms with Crippen molar-refractivity contribution >= 4 is 38.6 Å². The summed E-state index contributed by atoms with van der Waals surface area (Å²) in [5.41, 5.74) is 5.71. The molecule has 0 aliphatic heterocycles. The monoisotopic (exact) mass is 408 g/mol. The van der Waals surface area contributed by atoms with Gasteiger partial charge in [-0.3, -0.25) is 0 Å². The van der Waals surface area contributed by atoms with Gasteiger partial charge in [0.2, 0.25) is 0 Å². The molecule has 0 nitrogen and oxygen atoms in total. The van der Waals surface area contributed by atoms with Gasteiger partial charge >= 0.3 is 6.18 Å². The number of allylic oxidation sites excluding steroid dienone is 1. The Hall–Kier alpha value is -1.78. The molecule has 0 spiro atoms. The van der Waals surface area contributed by atoms with Gasteiger partial charge in [0.15, 0.2) is 0 Å². The first kappa shape index (κ1) is 20.0. The minimum absolute atomic E-state index is 0.288. The molecule has 0 atom stereocenters. The molecule has 0 aliphatic rings. The maximum Gasteiger partial charge on any atom is 0.393 e. The van der Waals surface area contributed by atoms with Crippen molar-refractivity contribution < 1.29 is 13.2 Å². The number of fused-ring (bicyclic) bond motifs is 1. The van der Waals surface area contributed by atoms with Crippen molar-refractivity contribution in [3.8, 4) is 0 Å². The van der Waals surface area contributed by atoms with Crippen LogP contribution in [0.5, 0.6) is 0 Å². The summed E-state index contributed by atoms with van der Waals surface area (Å²) in [6, 6.07) is 10.9. The molecule has 3 aromatic rings. The predicted octanol–water partition coefficient (Wildman–Crippen LogP) is 7.79. The van der Waals surface area contributed by atoms with Crippen LogP contribution in [0.15, 0.2) is 43.0 Å². The normalized spacial score (nSPS) is 11.9. The van der Waals surface area contributed by atoms with Gasteiger partial charge in [-0.05, 0) is 60.6 Å². The summed E-state index contributed by atoms with van der Waals surface area (Å²) in [6.45, 7) is 8.11. The predicted molar refractivity (Wildman–Crippen MR) is 110 cm³/mol. The van der Waals surface area contributed by atoms with Crippen molar-refractivity contribution in [3.05, 3.63) is 75.1 Å². The molecule has 1 aromatic heterocycles. The van der Waals surface area contributed by atoms with Crippen molar-refractivity contribution in [2.75, 3.05) is 0 Å². The van der Waals surface area contributed by atoms with E-state index < -0.39 is 12.6 Å². The molecule has 0 fully saturated rings. The molecule has 0 bridgehead atoms. The highest BCUT2D eigenvalue weighted by Crippen LogP contribution is 2.39. The second kappa shape index (κ2) is 7.69. The average Bonchev–Trinajstić information content (AvgIpc) is 2.87. The molecule has 0 saturated heterocycles. The quantitative estimate of drug-likeness (QED) is 0.404. The third kappa shape index (κ3) is 4.56. The smallest absolute Gasteiger partial charge is 0.171 e. The molecule has 0 radical (unpaired) electrons. The SMILES string of the molecule is C=C(C)c1ccc2sc(Cl)c(C)c2c1CCc1ccc(CC(F)(F)F)cc1. The lowest BCUT2D eigenvalue weighted by Gasteiger charge is -2.13. The standard InChI is InChI=1S/C22H20ClF3S/c1-13(2)17-10-11-19-20(14(3)21(23)27-19)18(17)9-8-15-4-6-16(7-5-15)12-22(24,25)26/h4-7,10-11H,1,8-9,12H2,2-3H3. The minimum Gasteiger partial charge on any atom is -0.171 e. The highest BCUT2D eigenvalue weighted by atomic mass is 35.5. The second-order valence-corrected chi connectivity index (χ2v) is 8.51. The Morgan fingerprint density at radius 2 is 1.67 bits per heavy atom. The van der Waals surface area contributed by atoms with E-state index in [1.165, 1.54) is 10.9 Å². The summed E-state index contributed by atoms with van der Waals surface area (Å²) < 4.78 is 39.4. The van der Waals surface area contributed by atoms with E-state index in [9.17, 15) is 13.2 Å². The summed E-state index contributed by atoms with van der Waals surface area (Å²) in [7, 11) is 0. The molecule has 3 rings (SSSR count). The van der Waals surface area contributed by atoms with Gasteiger partial charge in [0.25, 0.3) is 0 Å². The van der Waals surface area contributed by atoms with E-state index in [2.05, 4.69) is 18.7 Å². The number of halogens is 4. The number of aryl methyl sites for hydroxylation is 3. The molecule has 0 aliphatic carbocycles. The third-order valence-corrected chi connectivity index (χ3v) is 6.26. The maximum absolute atomic E-state index is 12.5. The van der Waals surface area contributed by atoms with Gasteiger partial charge in [0.05, 0.1) is 10.8 Å². The lowest BCUT2D eigenvalue weighted by Crippen LogP contribution is -2.11. The molecule has 1 heterocycles. The third-order valence-electron chi connectivity index (χ3n) is 4.70. The van der Waals surface area contributed by atoms with E-state index in [0.717, 1.165) is 44.1 Å². The Morgan fingerprint density at radius 1 is 1.04 bits per heavy atom. The van der Waals surface area contributed by atoms with Crippen LogP contribution < -0.4 is 0 Å². The van der Waals surface area contributed by atoms with Gasteiger partial charge in [-0.1, -0.05) is 54.1 Å². The van der Waals surface area contributed by atoms with Crippen LogP contribution in [0.3, 0.4) is 0 Å². The number of alkyl halides is 3. The van der Waals surface area contributed by atoms with Crippen molar-refractivity contribution in [3.63, 3.8) is 0 Å². The fourth-order valence-corrected chi connectivity index (χ4v) is 4.68. The Labute approximate surface area is 166 Å². The van der Waals surface area contributed by atoms with Crippen molar-refractivity contribution in [1.82, 2.24) is 0 Å². The first-order valence-electron chi connectivity index (χ1n) is 8.66. The highest BCUT2D eigenvalue weighted by Gasteiger charge is 2.27. The van der Waals surface area contributed by atoms with Crippen LogP contribution in [-0.2, 0) is 19.3 Å². The van der Waals surface area contributed by atoms with Gasteiger partial charge < -0.3 is 0 Å². The van der Waals surface area contributed by atoms with Crippen molar-refractivity contribution in [2.45, 2.75) is 39.3 Å². The van der Waals surface area contributed by atoms with E-state index in [-0.39, 0.29) is 5.56 Å². The Balaban J connectivity index is 1.88. The van der Waals surface area contributed by atoms with Crippen molar-refractivity contribution in [1.29, 1.82) is 0 Å². The van der Waals surface area contributed by atoms with Gasteiger partial charge in [-0.2, -0.15) is 13.2 Å². The largest absolute Gasteiger partial charge is 0.393 e. The molecule has 142 valence electrons. The molecule has 2 aromatic carbocycles. The summed E-state index contributed by atoms with van der Waals surface area (Å²) in [4.78, 5) is 0. The maximum atomic E-state index is 12.5. The van der Waals surface area contributed by atoms with E-state index in [0.29, 0.717) is 0 Å². The molecule has 5 heteroatoms. The fraction of sp³-hybridized carbons (Fsp3) is 0.273. The summed E-state index contributed by atoms with van der Waals surface area (Å²) in [6.07, 6.45) is -3.53. The molecule has 0 N–H and O–H groups in total. The first-order valence-corrected chi connectivity index (χ1v) is 9.86. The van der Waals surface area contributed by atoms with Crippen LogP contribution in [0.1, 0.15) is 34.7 Å². The minimum atomic E-state index is -4.18. The first-order chi connectivity index (χ1) is 12.7. The van der Waals surface area contributed by atoms with E-state index >= 15 is 0 Å². The van der Waals surface area contributed by atoms with Gasteiger partial charge in [0, 0.05) is 10.1 Å². The average molecular weight is 409 g/mol. The fourth-order valence-electron chi connectivity index (χ4n) is 3.38. The topological polar surface area (TPSA) is 0 Å². The molecular formula is C22H20ClF3S. The Bertz CT molecular complexity index is 981. The van der Waals surface area contributed by atoms with Crippen LogP contribution in [0.2, 0.25) is 4.34 Å². The van der Waals surface area contributed by atoms with Gasteiger partial charge in [-0.15, -0.1) is 11.3 Å². The number of hydrogen-bond acceptors (Lipinski definition) is 1. The van der Waals surface area contributed by atoms with Crippen LogP contribution in [0.4, 0.5) is 13.2 Å². The number of rotatable bonds is 5. The van der Waals surface area contributed by atoms with Gasteiger partial charge in [0.1, 0.15) is 0 Å². The second-order valence-electron chi connectivity index (χ2n) is 6.85. The summed E-state index contributed by atoms with van der Waals surface area (Å²) in [5, 5.41) is 1.18. The van der Waals surface area contributed by atoms with Gasteiger partial charge in [-0.25, -0.2) is 0 Å². The Kier molecular flexibility index (Phi) is 5.68. The highest BCUT2D eigenvalue weighted by molar-refractivity contribution is 7.23. The lowest BCUT2D eigenvalue weighted by atomic mass is 9.92. The zero-order valence-corrected chi connectivity index (χ0v) is 16.8. The summed E-state index contributed by atoms with van der Waals surface area (Å²) >= 11 is 7.92. The molecule has 0 unspecified atom stereocenters. The van der Waals surface area contributed by atoms with E-state index in [1.807, 2.05) is 13.8 Å². The molecule has 0 saturated carbocycles. The summed E-state index contributed by atoms with van der Waals surface area (Å²) in [5.74, 6) is 0. The molecular weight excluding hydrogens is 389 g/mol. The van der Waals surface area contributed by atoms with Crippen LogP contribution in [0.25, 0.3) is 15.7 Å².